The Hall–Kier alpha value is -1.01. The molecule has 1 N–H and O–H groups in total. The molecule has 0 saturated carbocycles. The molecule has 1 aromatic heterocycles. The second kappa shape index (κ2) is 6.24. The molecule has 7 heteroatoms. The van der Waals surface area contributed by atoms with Crippen LogP contribution < -0.4 is 10.1 Å². The lowest BCUT2D eigenvalue weighted by molar-refractivity contribution is -0.139. The van der Waals surface area contributed by atoms with Crippen molar-refractivity contribution >= 4 is 12.4 Å². The number of nitrogens with one attached hydrogen (secondary N) is 1. The van der Waals surface area contributed by atoms with Crippen LogP contribution in [-0.4, -0.2) is 24.2 Å². The Morgan fingerprint density at radius 1 is 1.28 bits per heavy atom. The molecule has 18 heavy (non-hydrogen) atoms. The van der Waals surface area contributed by atoms with Crippen LogP contribution in [0.3, 0.4) is 0 Å². The van der Waals surface area contributed by atoms with E-state index in [2.05, 4.69) is 10.3 Å². The predicted octanol–water partition coefficient (Wildman–Crippen LogP) is 2.65. The molecule has 2 heterocycles. The normalized spacial score (nSPS) is 17.1. The highest BCUT2D eigenvalue weighted by Crippen LogP contribution is 2.36. The molecule has 2 rings (SSSR count). The lowest BCUT2D eigenvalue weighted by atomic mass is 10.1. The summed E-state index contributed by atoms with van der Waals surface area (Å²) in [5, 5.41) is 3.13. The lowest BCUT2D eigenvalue weighted by Crippen LogP contribution is -2.34. The summed E-state index contributed by atoms with van der Waals surface area (Å²) in [5.74, 6) is -0.174. The molecular formula is C11H14ClF3N2O. The Morgan fingerprint density at radius 3 is 2.56 bits per heavy atom. The van der Waals surface area contributed by atoms with Gasteiger partial charge >= 0.3 is 6.18 Å². The molecule has 0 bridgehead atoms. The Bertz CT molecular complexity index is 381. The third-order valence-corrected chi connectivity index (χ3v) is 2.67. The second-order valence-electron chi connectivity index (χ2n) is 3.94. The Morgan fingerprint density at radius 2 is 1.94 bits per heavy atom. The fraction of sp³-hybridized carbons (Fsp3) is 0.545. The van der Waals surface area contributed by atoms with Gasteiger partial charge in [0.1, 0.15) is 17.4 Å². The number of alkyl halides is 3. The Labute approximate surface area is 109 Å². The van der Waals surface area contributed by atoms with Gasteiger partial charge in [-0.1, -0.05) is 0 Å². The van der Waals surface area contributed by atoms with E-state index >= 15 is 0 Å². The lowest BCUT2D eigenvalue weighted by Gasteiger charge is -2.25. The molecule has 1 saturated heterocycles. The first-order chi connectivity index (χ1) is 8.07. The standard InChI is InChI=1S/C11H13F3N2O.ClH/c12-11(13,14)9-3-6-16-7-10(9)17-8-1-4-15-5-2-8;/h3,6-8,15H,1-2,4-5H2;1H. The fourth-order valence-corrected chi connectivity index (χ4v) is 1.80. The van der Waals surface area contributed by atoms with Crippen molar-refractivity contribution in [1.29, 1.82) is 0 Å². The molecule has 102 valence electrons. The fourth-order valence-electron chi connectivity index (χ4n) is 1.80. The molecule has 1 fully saturated rings. The van der Waals surface area contributed by atoms with Crippen LogP contribution in [0.25, 0.3) is 0 Å². The Balaban J connectivity index is 0.00000162. The maximum atomic E-state index is 12.7. The van der Waals surface area contributed by atoms with Crippen LogP contribution in [0.1, 0.15) is 18.4 Å². The third-order valence-electron chi connectivity index (χ3n) is 2.67. The maximum absolute atomic E-state index is 12.7. The van der Waals surface area contributed by atoms with E-state index in [0.717, 1.165) is 31.5 Å². The van der Waals surface area contributed by atoms with Crippen molar-refractivity contribution < 1.29 is 17.9 Å². The molecule has 3 nitrogen and oxygen atoms in total. The second-order valence-corrected chi connectivity index (χ2v) is 3.94. The van der Waals surface area contributed by atoms with Gasteiger partial charge in [0.2, 0.25) is 0 Å². The monoisotopic (exact) mass is 282 g/mol. The van der Waals surface area contributed by atoms with E-state index in [1.807, 2.05) is 0 Å². The van der Waals surface area contributed by atoms with E-state index in [-0.39, 0.29) is 24.3 Å². The number of aromatic nitrogens is 1. The molecule has 0 unspecified atom stereocenters. The molecule has 0 atom stereocenters. The van der Waals surface area contributed by atoms with Gasteiger partial charge in [0.05, 0.1) is 6.20 Å². The minimum absolute atomic E-state index is 0. The van der Waals surface area contributed by atoms with Crippen LogP contribution in [0.15, 0.2) is 18.5 Å². The smallest absolute Gasteiger partial charge is 0.420 e. The topological polar surface area (TPSA) is 34.1 Å². The first-order valence-corrected chi connectivity index (χ1v) is 5.46. The summed E-state index contributed by atoms with van der Waals surface area (Å²) in [5.41, 5.74) is -0.758. The van der Waals surface area contributed by atoms with Crippen molar-refractivity contribution in [1.82, 2.24) is 10.3 Å². The van der Waals surface area contributed by atoms with Crippen LogP contribution >= 0.6 is 12.4 Å². The number of ether oxygens (including phenoxy) is 1. The average molecular weight is 283 g/mol. The predicted molar refractivity (Wildman–Crippen MR) is 63.0 cm³/mol. The highest BCUT2D eigenvalue weighted by atomic mass is 35.5. The molecule has 0 amide bonds. The van der Waals surface area contributed by atoms with Crippen molar-refractivity contribution in [3.63, 3.8) is 0 Å². The van der Waals surface area contributed by atoms with Gasteiger partial charge in [-0.15, -0.1) is 12.4 Å². The van der Waals surface area contributed by atoms with Gasteiger partial charge in [-0.05, 0) is 32.0 Å². The van der Waals surface area contributed by atoms with Gasteiger partial charge < -0.3 is 10.1 Å². The first kappa shape index (κ1) is 15.0. The van der Waals surface area contributed by atoms with E-state index < -0.39 is 11.7 Å². The summed E-state index contributed by atoms with van der Waals surface area (Å²) < 4.78 is 43.4. The van der Waals surface area contributed by atoms with Crippen LogP contribution in [0.2, 0.25) is 0 Å². The van der Waals surface area contributed by atoms with Crippen molar-refractivity contribution in [2.75, 3.05) is 13.1 Å². The largest absolute Gasteiger partial charge is 0.488 e. The van der Waals surface area contributed by atoms with Gasteiger partial charge in [0, 0.05) is 6.20 Å². The van der Waals surface area contributed by atoms with Gasteiger partial charge in [-0.2, -0.15) is 13.2 Å². The molecule has 0 aromatic carbocycles. The zero-order valence-electron chi connectivity index (χ0n) is 9.54. The molecule has 1 aromatic rings. The highest BCUT2D eigenvalue weighted by molar-refractivity contribution is 5.85. The van der Waals surface area contributed by atoms with Crippen LogP contribution in [0, 0.1) is 0 Å². The van der Waals surface area contributed by atoms with E-state index in [0.29, 0.717) is 12.8 Å². The van der Waals surface area contributed by atoms with Crippen molar-refractivity contribution in [3.05, 3.63) is 24.0 Å². The van der Waals surface area contributed by atoms with E-state index in [9.17, 15) is 13.2 Å². The van der Waals surface area contributed by atoms with Gasteiger partial charge in [-0.3, -0.25) is 4.98 Å². The molecule has 0 spiro atoms. The molecule has 1 aliphatic heterocycles. The first-order valence-electron chi connectivity index (χ1n) is 5.46. The van der Waals surface area contributed by atoms with Crippen LogP contribution in [-0.2, 0) is 6.18 Å². The molecule has 1 aliphatic rings. The SMILES string of the molecule is Cl.FC(F)(F)c1ccncc1OC1CCNCC1. The number of pyridine rings is 1. The number of rotatable bonds is 2. The van der Waals surface area contributed by atoms with Gasteiger partial charge in [0.15, 0.2) is 0 Å². The van der Waals surface area contributed by atoms with Crippen molar-refractivity contribution in [3.8, 4) is 5.75 Å². The molecular weight excluding hydrogens is 269 g/mol. The summed E-state index contributed by atoms with van der Waals surface area (Å²) in [6, 6.07) is 0.941. The van der Waals surface area contributed by atoms with Crippen molar-refractivity contribution in [2.24, 2.45) is 0 Å². The third kappa shape index (κ3) is 3.74. The summed E-state index contributed by atoms with van der Waals surface area (Å²) >= 11 is 0. The zero-order chi connectivity index (χ0) is 12.3. The van der Waals surface area contributed by atoms with Crippen LogP contribution in [0.4, 0.5) is 13.2 Å². The van der Waals surface area contributed by atoms with Crippen LogP contribution in [0.5, 0.6) is 5.75 Å². The quantitative estimate of drug-likeness (QED) is 0.905. The number of piperidine rings is 1. The number of hydrogen-bond donors (Lipinski definition) is 1. The van der Waals surface area contributed by atoms with E-state index in [1.165, 1.54) is 0 Å². The highest BCUT2D eigenvalue weighted by Gasteiger charge is 2.35. The van der Waals surface area contributed by atoms with Gasteiger partial charge in [0.25, 0.3) is 0 Å². The van der Waals surface area contributed by atoms with Gasteiger partial charge in [-0.25, -0.2) is 0 Å². The Kier molecular flexibility index (Phi) is 5.22. The minimum atomic E-state index is -4.40. The molecule has 0 aliphatic carbocycles. The minimum Gasteiger partial charge on any atom is -0.488 e. The summed E-state index contributed by atoms with van der Waals surface area (Å²) in [4.78, 5) is 3.68. The van der Waals surface area contributed by atoms with Crippen molar-refractivity contribution in [2.45, 2.75) is 25.1 Å². The summed E-state index contributed by atoms with van der Waals surface area (Å²) in [6.07, 6.45) is -0.881. The maximum Gasteiger partial charge on any atom is 0.420 e. The molecule has 0 radical (unpaired) electrons. The zero-order valence-corrected chi connectivity index (χ0v) is 10.4. The number of hydrogen-bond acceptors (Lipinski definition) is 3. The van der Waals surface area contributed by atoms with E-state index in [4.69, 9.17) is 4.74 Å². The summed E-state index contributed by atoms with van der Waals surface area (Å²) in [6.45, 7) is 1.54. The number of nitrogens with zero attached hydrogens (tertiary/aromatic N) is 1. The summed E-state index contributed by atoms with van der Waals surface area (Å²) in [7, 11) is 0. The average Bonchev–Trinajstić information content (AvgIpc) is 2.30. The number of halogens is 4. The van der Waals surface area contributed by atoms with E-state index in [1.54, 1.807) is 0 Å².